The van der Waals surface area contributed by atoms with E-state index < -0.39 is 11.3 Å². The zero-order valence-electron chi connectivity index (χ0n) is 16.7. The van der Waals surface area contributed by atoms with Crippen LogP contribution in [0.4, 0.5) is 0 Å². The molecule has 1 aromatic carbocycles. The number of ketones is 1. The summed E-state index contributed by atoms with van der Waals surface area (Å²) in [7, 11) is 0. The minimum atomic E-state index is -0.556. The highest BCUT2D eigenvalue weighted by atomic mass is 16.3. The number of Topliss-reactive ketones (excluding diaryl/α,β-unsaturated/α-hetero) is 1. The fraction of sp³-hybridized carbons (Fsp3) is 0.500. The number of furan rings is 1. The number of carbonyl (C=O) groups excluding carboxylic acids is 2. The van der Waals surface area contributed by atoms with E-state index in [1.807, 2.05) is 12.1 Å². The molecule has 5 nitrogen and oxygen atoms in total. The number of fused-ring (bicyclic) bond motifs is 5. The Morgan fingerprint density at radius 2 is 2.17 bits per heavy atom. The van der Waals surface area contributed by atoms with E-state index in [-0.39, 0.29) is 17.6 Å². The van der Waals surface area contributed by atoms with Crippen LogP contribution in [0.15, 0.2) is 41.0 Å². The Morgan fingerprint density at radius 3 is 2.97 bits per heavy atom. The number of benzene rings is 1. The average molecular weight is 393 g/mol. The lowest BCUT2D eigenvalue weighted by Gasteiger charge is -2.48. The molecular formula is C24H27NO4. The summed E-state index contributed by atoms with van der Waals surface area (Å²) in [4.78, 5) is 26.1. The van der Waals surface area contributed by atoms with Crippen molar-refractivity contribution in [2.45, 2.75) is 51.5 Å². The third-order valence-electron chi connectivity index (χ3n) is 7.80. The van der Waals surface area contributed by atoms with Crippen molar-refractivity contribution in [1.82, 2.24) is 5.32 Å². The highest BCUT2D eigenvalue weighted by Crippen LogP contribution is 2.60. The maximum Gasteiger partial charge on any atom is 0.230 e. The van der Waals surface area contributed by atoms with E-state index >= 15 is 0 Å². The van der Waals surface area contributed by atoms with Crippen molar-refractivity contribution in [1.29, 1.82) is 0 Å². The summed E-state index contributed by atoms with van der Waals surface area (Å²) < 4.78 is 5.28. The van der Waals surface area contributed by atoms with Crippen LogP contribution in [0.5, 0.6) is 5.75 Å². The predicted molar refractivity (Wildman–Crippen MR) is 107 cm³/mol. The average Bonchev–Trinajstić information content (AvgIpc) is 3.32. The number of nitrogens with one attached hydrogen (secondary N) is 1. The highest BCUT2D eigenvalue weighted by Gasteiger charge is 2.59. The number of aromatic hydroxyl groups is 1. The third kappa shape index (κ3) is 2.90. The van der Waals surface area contributed by atoms with Crippen LogP contribution >= 0.6 is 0 Å². The molecule has 2 aromatic rings. The smallest absolute Gasteiger partial charge is 0.230 e. The van der Waals surface area contributed by atoms with E-state index in [1.54, 1.807) is 18.4 Å². The molecule has 2 N–H and O–H groups in total. The summed E-state index contributed by atoms with van der Waals surface area (Å²) in [6.45, 7) is 2.41. The number of phenols is 1. The summed E-state index contributed by atoms with van der Waals surface area (Å²) in [5.74, 6) is 1.52. The van der Waals surface area contributed by atoms with Crippen molar-refractivity contribution in [3.63, 3.8) is 0 Å². The first-order valence-electron chi connectivity index (χ1n) is 10.6. The van der Waals surface area contributed by atoms with Gasteiger partial charge in [0.15, 0.2) is 5.78 Å². The van der Waals surface area contributed by atoms with Crippen molar-refractivity contribution in [3.05, 3.63) is 53.5 Å². The Morgan fingerprint density at radius 1 is 1.31 bits per heavy atom. The van der Waals surface area contributed by atoms with E-state index in [1.165, 1.54) is 11.1 Å². The quantitative estimate of drug-likeness (QED) is 0.774. The number of rotatable bonds is 3. The molecular weight excluding hydrogens is 366 g/mol. The predicted octanol–water partition coefficient (Wildman–Crippen LogP) is 3.95. The van der Waals surface area contributed by atoms with Gasteiger partial charge >= 0.3 is 0 Å². The van der Waals surface area contributed by atoms with Gasteiger partial charge in [0, 0.05) is 5.41 Å². The van der Waals surface area contributed by atoms with Gasteiger partial charge < -0.3 is 14.8 Å². The molecule has 29 heavy (non-hydrogen) atoms. The van der Waals surface area contributed by atoms with Crippen molar-refractivity contribution >= 4 is 11.7 Å². The molecule has 5 rings (SSSR count). The minimum Gasteiger partial charge on any atom is -0.508 e. The molecule has 1 amide bonds. The Kier molecular flexibility index (Phi) is 4.30. The van der Waals surface area contributed by atoms with Crippen LogP contribution in [-0.2, 0) is 22.6 Å². The summed E-state index contributed by atoms with van der Waals surface area (Å²) in [6, 6.07) is 9.34. The van der Waals surface area contributed by atoms with Gasteiger partial charge in [0.05, 0.1) is 18.7 Å². The molecule has 0 saturated heterocycles. The molecule has 5 heteroatoms. The highest BCUT2D eigenvalue weighted by molar-refractivity contribution is 6.05. The molecule has 0 radical (unpaired) electrons. The van der Waals surface area contributed by atoms with Gasteiger partial charge in [-0.1, -0.05) is 13.0 Å². The summed E-state index contributed by atoms with van der Waals surface area (Å²) in [5.41, 5.74) is 2.17. The second-order valence-corrected chi connectivity index (χ2v) is 9.20. The first-order valence-corrected chi connectivity index (χ1v) is 10.6. The molecule has 152 valence electrons. The largest absolute Gasteiger partial charge is 0.508 e. The molecule has 1 aromatic heterocycles. The van der Waals surface area contributed by atoms with Gasteiger partial charge in [0.25, 0.3) is 0 Å². The van der Waals surface area contributed by atoms with Gasteiger partial charge in [-0.05, 0) is 85.3 Å². The van der Waals surface area contributed by atoms with E-state index in [0.29, 0.717) is 36.3 Å². The lowest BCUT2D eigenvalue weighted by Crippen LogP contribution is -2.43. The van der Waals surface area contributed by atoms with Crippen LogP contribution in [-0.4, -0.2) is 16.8 Å². The lowest BCUT2D eigenvalue weighted by atomic mass is 9.55. The molecule has 5 atom stereocenters. The van der Waals surface area contributed by atoms with Gasteiger partial charge in [-0.25, -0.2) is 0 Å². The second kappa shape index (κ2) is 6.75. The topological polar surface area (TPSA) is 79.5 Å². The number of hydrogen-bond donors (Lipinski definition) is 2. The number of amides is 1. The molecule has 0 bridgehead atoms. The Bertz CT molecular complexity index is 950. The number of carbonyl (C=O) groups is 2. The summed E-state index contributed by atoms with van der Waals surface area (Å²) in [5, 5.41) is 12.7. The Balaban J connectivity index is 1.36. The Hall–Kier alpha value is -2.56. The third-order valence-corrected chi connectivity index (χ3v) is 7.80. The summed E-state index contributed by atoms with van der Waals surface area (Å²) >= 11 is 0. The van der Waals surface area contributed by atoms with Gasteiger partial charge in [0.2, 0.25) is 5.91 Å². The number of hydrogen-bond acceptors (Lipinski definition) is 4. The van der Waals surface area contributed by atoms with Crippen molar-refractivity contribution < 1.29 is 19.1 Å². The van der Waals surface area contributed by atoms with Gasteiger partial charge in [-0.2, -0.15) is 0 Å². The van der Waals surface area contributed by atoms with E-state index in [0.717, 1.165) is 25.7 Å². The van der Waals surface area contributed by atoms with Crippen LogP contribution in [0.1, 0.15) is 55.4 Å². The fourth-order valence-corrected chi connectivity index (χ4v) is 6.33. The van der Waals surface area contributed by atoms with Crippen LogP contribution in [0.25, 0.3) is 0 Å². The van der Waals surface area contributed by atoms with E-state index in [4.69, 9.17) is 4.42 Å². The summed E-state index contributed by atoms with van der Waals surface area (Å²) in [6.07, 6.45) is 5.99. The van der Waals surface area contributed by atoms with Gasteiger partial charge in [0.1, 0.15) is 11.5 Å². The van der Waals surface area contributed by atoms with Crippen LogP contribution in [0.3, 0.4) is 0 Å². The van der Waals surface area contributed by atoms with Crippen LogP contribution in [0, 0.1) is 23.2 Å². The van der Waals surface area contributed by atoms with Crippen LogP contribution < -0.4 is 5.32 Å². The first-order chi connectivity index (χ1) is 14.0. The zero-order valence-corrected chi connectivity index (χ0v) is 16.7. The molecule has 1 heterocycles. The number of aryl methyl sites for hydroxylation is 1. The standard InChI is InChI=1S/C24H27NO4/c1-24-9-8-18-17-7-5-15(26)11-14(17)4-6-19(18)21(24)12-20(22(24)27)23(28)25-13-16-3-2-10-29-16/h2-3,5,7,10-11,18-21,26H,4,6,8-9,12-13H2,1H3,(H,25,28)/t18?,19?,20?,21?,24-/m0/s1. The Labute approximate surface area is 170 Å². The van der Waals surface area contributed by atoms with Crippen molar-refractivity contribution in [2.75, 3.05) is 0 Å². The van der Waals surface area contributed by atoms with Crippen molar-refractivity contribution in [2.24, 2.45) is 23.2 Å². The molecule has 0 spiro atoms. The second-order valence-electron chi connectivity index (χ2n) is 9.20. The molecule has 2 saturated carbocycles. The lowest BCUT2D eigenvalue weighted by molar-refractivity contribution is -0.137. The molecule has 2 fully saturated rings. The fourth-order valence-electron chi connectivity index (χ4n) is 6.33. The molecule has 4 unspecified atom stereocenters. The van der Waals surface area contributed by atoms with E-state index in [2.05, 4.69) is 18.3 Å². The van der Waals surface area contributed by atoms with Gasteiger partial charge in [-0.3, -0.25) is 9.59 Å². The van der Waals surface area contributed by atoms with Gasteiger partial charge in [-0.15, -0.1) is 0 Å². The minimum absolute atomic E-state index is 0.120. The van der Waals surface area contributed by atoms with Crippen LogP contribution in [0.2, 0.25) is 0 Å². The first kappa shape index (κ1) is 18.5. The molecule has 0 aliphatic heterocycles. The maximum absolute atomic E-state index is 13.3. The normalized spacial score (nSPS) is 32.9. The monoisotopic (exact) mass is 393 g/mol. The number of phenolic OH excluding ortho intramolecular Hbond substituents is 1. The zero-order chi connectivity index (χ0) is 20.2. The maximum atomic E-state index is 13.3. The molecule has 3 aliphatic rings. The van der Waals surface area contributed by atoms with Crippen molar-refractivity contribution in [3.8, 4) is 5.75 Å². The van der Waals surface area contributed by atoms with E-state index in [9.17, 15) is 14.7 Å². The SMILES string of the molecule is C[C@]12CCC3c4ccc(O)cc4CCC3C1CC(C(=O)NCc1ccco1)C2=O. The molecule has 3 aliphatic carbocycles.